The standard InChI is InChI=1S/C14H12BrClN2O/c1-2-18(11-5-7-17-8-6-11)14(19)10-3-4-12(15)13(16)9-10/h3-9H,2H2,1H3. The minimum Gasteiger partial charge on any atom is -0.309 e. The molecule has 0 atom stereocenters. The van der Waals surface area contributed by atoms with Crippen molar-refractivity contribution >= 4 is 39.1 Å². The topological polar surface area (TPSA) is 33.2 Å². The molecule has 98 valence electrons. The summed E-state index contributed by atoms with van der Waals surface area (Å²) in [4.78, 5) is 18.1. The first-order chi connectivity index (χ1) is 9.13. The van der Waals surface area contributed by atoms with Gasteiger partial charge in [-0.3, -0.25) is 9.78 Å². The number of pyridine rings is 1. The largest absolute Gasteiger partial charge is 0.309 e. The quantitative estimate of drug-likeness (QED) is 0.841. The molecule has 0 fully saturated rings. The number of hydrogen-bond acceptors (Lipinski definition) is 2. The van der Waals surface area contributed by atoms with Crippen molar-refractivity contribution in [2.24, 2.45) is 0 Å². The van der Waals surface area contributed by atoms with Crippen LogP contribution in [0.4, 0.5) is 5.69 Å². The molecule has 2 rings (SSSR count). The molecule has 5 heteroatoms. The van der Waals surface area contributed by atoms with Gasteiger partial charge in [-0.15, -0.1) is 0 Å². The molecule has 1 heterocycles. The molecule has 0 aliphatic carbocycles. The SMILES string of the molecule is CCN(C(=O)c1ccc(Br)c(Cl)c1)c1ccncc1. The second-order valence-corrected chi connectivity index (χ2v) is 5.15. The zero-order valence-electron chi connectivity index (χ0n) is 10.3. The van der Waals surface area contributed by atoms with E-state index < -0.39 is 0 Å². The Kier molecular flexibility index (Phi) is 4.56. The van der Waals surface area contributed by atoms with E-state index in [1.807, 2.05) is 19.1 Å². The third-order valence-electron chi connectivity index (χ3n) is 2.70. The van der Waals surface area contributed by atoms with E-state index in [1.54, 1.807) is 35.5 Å². The molecule has 0 radical (unpaired) electrons. The van der Waals surface area contributed by atoms with Gasteiger partial charge in [0.1, 0.15) is 0 Å². The van der Waals surface area contributed by atoms with Crippen LogP contribution in [0.2, 0.25) is 5.02 Å². The molecule has 0 unspecified atom stereocenters. The highest BCUT2D eigenvalue weighted by molar-refractivity contribution is 9.10. The van der Waals surface area contributed by atoms with E-state index in [9.17, 15) is 4.79 Å². The van der Waals surface area contributed by atoms with Crippen LogP contribution in [-0.2, 0) is 0 Å². The molecule has 19 heavy (non-hydrogen) atoms. The summed E-state index contributed by atoms with van der Waals surface area (Å²) in [5, 5.41) is 0.525. The van der Waals surface area contributed by atoms with E-state index in [2.05, 4.69) is 20.9 Å². The van der Waals surface area contributed by atoms with Crippen molar-refractivity contribution in [3.05, 3.63) is 57.8 Å². The molecule has 1 amide bonds. The lowest BCUT2D eigenvalue weighted by atomic mass is 10.2. The van der Waals surface area contributed by atoms with Crippen LogP contribution in [0.3, 0.4) is 0 Å². The maximum Gasteiger partial charge on any atom is 0.258 e. The Morgan fingerprint density at radius 2 is 2.00 bits per heavy atom. The van der Waals surface area contributed by atoms with E-state index in [-0.39, 0.29) is 5.91 Å². The first-order valence-electron chi connectivity index (χ1n) is 5.80. The molecular formula is C14H12BrClN2O. The summed E-state index contributed by atoms with van der Waals surface area (Å²) < 4.78 is 0.776. The summed E-state index contributed by atoms with van der Waals surface area (Å²) in [5.74, 6) is -0.0805. The Hall–Kier alpha value is -1.39. The smallest absolute Gasteiger partial charge is 0.258 e. The lowest BCUT2D eigenvalue weighted by Crippen LogP contribution is -2.30. The number of carbonyl (C=O) groups is 1. The van der Waals surface area contributed by atoms with E-state index >= 15 is 0 Å². The van der Waals surface area contributed by atoms with Crippen LogP contribution in [0.5, 0.6) is 0 Å². The number of nitrogens with zero attached hydrogens (tertiary/aromatic N) is 2. The van der Waals surface area contributed by atoms with Gasteiger partial charge in [0.25, 0.3) is 5.91 Å². The maximum absolute atomic E-state index is 12.5. The summed E-state index contributed by atoms with van der Waals surface area (Å²) in [5.41, 5.74) is 1.38. The maximum atomic E-state index is 12.5. The number of carbonyl (C=O) groups excluding carboxylic acids is 1. The molecule has 0 bridgehead atoms. The van der Waals surface area contributed by atoms with Crippen LogP contribution in [-0.4, -0.2) is 17.4 Å². The average molecular weight is 340 g/mol. The van der Waals surface area contributed by atoms with E-state index in [0.717, 1.165) is 10.2 Å². The van der Waals surface area contributed by atoms with Gasteiger partial charge in [-0.25, -0.2) is 0 Å². The predicted molar refractivity (Wildman–Crippen MR) is 80.7 cm³/mol. The van der Waals surface area contributed by atoms with Crippen molar-refractivity contribution in [1.29, 1.82) is 0 Å². The number of benzene rings is 1. The normalized spacial score (nSPS) is 10.3. The summed E-state index contributed by atoms with van der Waals surface area (Å²) in [6, 6.07) is 8.81. The van der Waals surface area contributed by atoms with E-state index in [0.29, 0.717) is 17.1 Å². The van der Waals surface area contributed by atoms with Crippen molar-refractivity contribution in [3.63, 3.8) is 0 Å². The molecular weight excluding hydrogens is 328 g/mol. The Labute approximate surface area is 125 Å². The van der Waals surface area contributed by atoms with Crippen LogP contribution in [0.15, 0.2) is 47.2 Å². The molecule has 0 spiro atoms. The van der Waals surface area contributed by atoms with Crippen LogP contribution < -0.4 is 4.90 Å². The number of anilines is 1. The highest BCUT2D eigenvalue weighted by atomic mass is 79.9. The van der Waals surface area contributed by atoms with Crippen LogP contribution in [0.1, 0.15) is 17.3 Å². The summed E-state index contributed by atoms with van der Waals surface area (Å²) in [6.45, 7) is 2.51. The van der Waals surface area contributed by atoms with E-state index in [1.165, 1.54) is 0 Å². The summed E-state index contributed by atoms with van der Waals surface area (Å²) in [7, 11) is 0. The summed E-state index contributed by atoms with van der Waals surface area (Å²) >= 11 is 9.34. The zero-order chi connectivity index (χ0) is 13.8. The first kappa shape index (κ1) is 14.0. The van der Waals surface area contributed by atoms with Gasteiger partial charge in [-0.05, 0) is 53.2 Å². The van der Waals surface area contributed by atoms with Gasteiger partial charge in [0, 0.05) is 34.7 Å². The molecule has 3 nitrogen and oxygen atoms in total. The highest BCUT2D eigenvalue weighted by Crippen LogP contribution is 2.25. The van der Waals surface area contributed by atoms with Gasteiger partial charge in [-0.1, -0.05) is 11.6 Å². The van der Waals surface area contributed by atoms with Crippen LogP contribution in [0.25, 0.3) is 0 Å². The van der Waals surface area contributed by atoms with Gasteiger partial charge in [0.05, 0.1) is 5.02 Å². The fourth-order valence-corrected chi connectivity index (χ4v) is 2.18. The monoisotopic (exact) mass is 338 g/mol. The molecule has 1 aromatic carbocycles. The predicted octanol–water partition coefficient (Wildman–Crippen LogP) is 4.16. The second-order valence-electron chi connectivity index (χ2n) is 3.88. The van der Waals surface area contributed by atoms with Crippen molar-refractivity contribution in [1.82, 2.24) is 4.98 Å². The van der Waals surface area contributed by atoms with Gasteiger partial charge in [0.2, 0.25) is 0 Å². The minimum absolute atomic E-state index is 0.0805. The zero-order valence-corrected chi connectivity index (χ0v) is 12.6. The molecule has 1 aromatic heterocycles. The van der Waals surface area contributed by atoms with Gasteiger partial charge in [-0.2, -0.15) is 0 Å². The molecule has 0 saturated carbocycles. The number of halogens is 2. The van der Waals surface area contributed by atoms with Crippen LogP contribution in [0, 0.1) is 0 Å². The molecule has 0 saturated heterocycles. The highest BCUT2D eigenvalue weighted by Gasteiger charge is 2.16. The van der Waals surface area contributed by atoms with Gasteiger partial charge >= 0.3 is 0 Å². The fraction of sp³-hybridized carbons (Fsp3) is 0.143. The van der Waals surface area contributed by atoms with E-state index in [4.69, 9.17) is 11.6 Å². The van der Waals surface area contributed by atoms with Crippen molar-refractivity contribution in [2.75, 3.05) is 11.4 Å². The lowest BCUT2D eigenvalue weighted by Gasteiger charge is -2.21. The molecule has 0 N–H and O–H groups in total. The fourth-order valence-electron chi connectivity index (χ4n) is 1.75. The minimum atomic E-state index is -0.0805. The lowest BCUT2D eigenvalue weighted by molar-refractivity contribution is 0.0988. The average Bonchev–Trinajstić information content (AvgIpc) is 2.44. The van der Waals surface area contributed by atoms with Crippen molar-refractivity contribution in [2.45, 2.75) is 6.92 Å². The van der Waals surface area contributed by atoms with Crippen molar-refractivity contribution in [3.8, 4) is 0 Å². The summed E-state index contributed by atoms with van der Waals surface area (Å²) in [6.07, 6.45) is 3.33. The van der Waals surface area contributed by atoms with Crippen LogP contribution >= 0.6 is 27.5 Å². The van der Waals surface area contributed by atoms with Gasteiger partial charge < -0.3 is 4.90 Å². The third kappa shape index (κ3) is 3.14. The van der Waals surface area contributed by atoms with Gasteiger partial charge in [0.15, 0.2) is 0 Å². The molecule has 0 aliphatic rings. The number of rotatable bonds is 3. The Morgan fingerprint density at radius 3 is 2.58 bits per heavy atom. The number of aromatic nitrogens is 1. The third-order valence-corrected chi connectivity index (χ3v) is 3.93. The Morgan fingerprint density at radius 1 is 1.32 bits per heavy atom. The number of amides is 1. The Balaban J connectivity index is 2.33. The molecule has 2 aromatic rings. The Bertz CT molecular complexity index is 589. The number of hydrogen-bond donors (Lipinski definition) is 0. The van der Waals surface area contributed by atoms with Crippen molar-refractivity contribution < 1.29 is 4.79 Å². The molecule has 0 aliphatic heterocycles. The second kappa shape index (κ2) is 6.17. The first-order valence-corrected chi connectivity index (χ1v) is 6.97.